The minimum atomic E-state index is -0.364. The van der Waals surface area contributed by atoms with Crippen LogP contribution in [0.1, 0.15) is 5.56 Å². The minimum absolute atomic E-state index is 0.364. The van der Waals surface area contributed by atoms with Gasteiger partial charge in [-0.15, -0.1) is 0 Å². The number of rotatable bonds is 3. The first-order chi connectivity index (χ1) is 6.33. The fourth-order valence-electron chi connectivity index (χ4n) is 0.739. The van der Waals surface area contributed by atoms with Crippen LogP contribution >= 0.6 is 0 Å². The van der Waals surface area contributed by atoms with Gasteiger partial charge in [-0.3, -0.25) is 0 Å². The number of esters is 1. The van der Waals surface area contributed by atoms with Crippen molar-refractivity contribution in [3.05, 3.63) is 42.4 Å². The summed E-state index contributed by atoms with van der Waals surface area (Å²) in [5.74, 6) is -0.364. The molecule has 0 aliphatic carbocycles. The zero-order chi connectivity index (χ0) is 9.52. The van der Waals surface area contributed by atoms with Crippen molar-refractivity contribution in [3.63, 3.8) is 0 Å². The van der Waals surface area contributed by atoms with Crippen molar-refractivity contribution in [3.8, 4) is 0 Å². The topological polar surface area (TPSA) is 39.4 Å². The number of ether oxygens (including phenoxy) is 1. The molecule has 0 atom stereocenters. The summed E-state index contributed by atoms with van der Waals surface area (Å²) in [5.41, 5.74) is 0.953. The van der Waals surface area contributed by atoms with Crippen molar-refractivity contribution in [1.29, 1.82) is 0 Å². The van der Waals surface area contributed by atoms with Crippen LogP contribution in [0.25, 0.3) is 6.08 Å². The first-order valence-electron chi connectivity index (χ1n) is 3.78. The van der Waals surface area contributed by atoms with Crippen molar-refractivity contribution in [1.82, 2.24) is 0 Å². The fourth-order valence-corrected chi connectivity index (χ4v) is 0.739. The molecular formula is C10H10O3. The SMILES string of the molecule is COC(=O)/C=C/C=C/c1ccoc1. The van der Waals surface area contributed by atoms with Gasteiger partial charge >= 0.3 is 5.97 Å². The zero-order valence-corrected chi connectivity index (χ0v) is 7.27. The van der Waals surface area contributed by atoms with Gasteiger partial charge in [-0.05, 0) is 6.07 Å². The van der Waals surface area contributed by atoms with Gasteiger partial charge in [0.05, 0.1) is 19.6 Å². The Morgan fingerprint density at radius 3 is 3.00 bits per heavy atom. The third kappa shape index (κ3) is 3.42. The lowest BCUT2D eigenvalue weighted by molar-refractivity contribution is -0.134. The molecule has 1 heterocycles. The van der Waals surface area contributed by atoms with E-state index >= 15 is 0 Å². The normalized spacial score (nSPS) is 11.2. The Kier molecular flexibility index (Phi) is 3.57. The van der Waals surface area contributed by atoms with Crippen LogP contribution in [0.15, 0.2) is 41.2 Å². The molecule has 0 aromatic carbocycles. The molecule has 3 heteroatoms. The third-order valence-electron chi connectivity index (χ3n) is 1.38. The lowest BCUT2D eigenvalue weighted by atomic mass is 10.3. The van der Waals surface area contributed by atoms with Gasteiger partial charge in [0.2, 0.25) is 0 Å². The summed E-state index contributed by atoms with van der Waals surface area (Å²) in [6, 6.07) is 1.82. The molecule has 1 aromatic heterocycles. The Labute approximate surface area is 76.3 Å². The highest BCUT2D eigenvalue weighted by Crippen LogP contribution is 2.01. The van der Waals surface area contributed by atoms with E-state index in [1.807, 2.05) is 12.1 Å². The predicted octanol–water partition coefficient (Wildman–Crippen LogP) is 2.02. The third-order valence-corrected chi connectivity index (χ3v) is 1.38. The number of furan rings is 1. The Morgan fingerprint density at radius 2 is 2.38 bits per heavy atom. The molecule has 0 spiro atoms. The first-order valence-corrected chi connectivity index (χ1v) is 3.78. The van der Waals surface area contributed by atoms with E-state index < -0.39 is 0 Å². The van der Waals surface area contributed by atoms with Crippen LogP contribution in [0.2, 0.25) is 0 Å². The number of carbonyl (C=O) groups is 1. The van der Waals surface area contributed by atoms with E-state index in [-0.39, 0.29) is 5.97 Å². The van der Waals surface area contributed by atoms with E-state index in [0.717, 1.165) is 5.56 Å². The first kappa shape index (κ1) is 9.32. The molecule has 1 rings (SSSR count). The molecule has 0 amide bonds. The molecule has 1 aromatic rings. The van der Waals surface area contributed by atoms with Crippen molar-refractivity contribution in [2.45, 2.75) is 0 Å². The molecule has 13 heavy (non-hydrogen) atoms. The molecule has 0 radical (unpaired) electrons. The standard InChI is InChI=1S/C10H10O3/c1-12-10(11)5-3-2-4-9-6-7-13-8-9/h2-8H,1H3/b4-2+,5-3+. The minimum Gasteiger partial charge on any atom is -0.472 e. The second-order valence-electron chi connectivity index (χ2n) is 2.30. The maximum atomic E-state index is 10.6. The van der Waals surface area contributed by atoms with E-state index in [4.69, 9.17) is 4.42 Å². The monoisotopic (exact) mass is 178 g/mol. The van der Waals surface area contributed by atoms with Crippen molar-refractivity contribution in [2.75, 3.05) is 7.11 Å². The van der Waals surface area contributed by atoms with E-state index in [1.54, 1.807) is 24.7 Å². The van der Waals surface area contributed by atoms with Gasteiger partial charge < -0.3 is 9.15 Å². The average Bonchev–Trinajstić information content (AvgIpc) is 2.64. The molecular weight excluding hydrogens is 168 g/mol. The van der Waals surface area contributed by atoms with Gasteiger partial charge in [0.15, 0.2) is 0 Å². The quantitative estimate of drug-likeness (QED) is 0.404. The van der Waals surface area contributed by atoms with Crippen molar-refractivity contribution in [2.24, 2.45) is 0 Å². The van der Waals surface area contributed by atoms with Crippen LogP contribution in [0.3, 0.4) is 0 Å². The van der Waals surface area contributed by atoms with Gasteiger partial charge in [-0.1, -0.05) is 18.2 Å². The summed E-state index contributed by atoms with van der Waals surface area (Å²) in [6.45, 7) is 0. The zero-order valence-electron chi connectivity index (χ0n) is 7.27. The van der Waals surface area contributed by atoms with E-state index in [9.17, 15) is 4.79 Å². The Bertz CT molecular complexity index is 307. The second kappa shape index (κ2) is 4.98. The summed E-state index contributed by atoms with van der Waals surface area (Å²) < 4.78 is 9.26. The van der Waals surface area contributed by atoms with Gasteiger partial charge in [0.1, 0.15) is 0 Å². The second-order valence-corrected chi connectivity index (χ2v) is 2.30. The summed E-state index contributed by atoms with van der Waals surface area (Å²) in [5, 5.41) is 0. The summed E-state index contributed by atoms with van der Waals surface area (Å²) >= 11 is 0. The maximum absolute atomic E-state index is 10.6. The highest BCUT2D eigenvalue weighted by Gasteiger charge is 1.87. The van der Waals surface area contributed by atoms with Crippen molar-refractivity contribution >= 4 is 12.0 Å². The van der Waals surface area contributed by atoms with Crippen LogP contribution in [0.5, 0.6) is 0 Å². The molecule has 0 fully saturated rings. The Morgan fingerprint density at radius 1 is 1.54 bits per heavy atom. The maximum Gasteiger partial charge on any atom is 0.330 e. The number of hydrogen-bond acceptors (Lipinski definition) is 3. The number of allylic oxidation sites excluding steroid dienone is 2. The molecule has 68 valence electrons. The summed E-state index contributed by atoms with van der Waals surface area (Å²) in [6.07, 6.45) is 9.71. The number of carbonyl (C=O) groups excluding carboxylic acids is 1. The van der Waals surface area contributed by atoms with E-state index in [0.29, 0.717) is 0 Å². The number of methoxy groups -OCH3 is 1. The van der Waals surface area contributed by atoms with Crippen LogP contribution in [0.4, 0.5) is 0 Å². The van der Waals surface area contributed by atoms with Gasteiger partial charge in [0.25, 0.3) is 0 Å². The van der Waals surface area contributed by atoms with Crippen molar-refractivity contribution < 1.29 is 13.9 Å². The van der Waals surface area contributed by atoms with Crippen LogP contribution in [-0.4, -0.2) is 13.1 Å². The van der Waals surface area contributed by atoms with Gasteiger partial charge in [-0.2, -0.15) is 0 Å². The number of hydrogen-bond donors (Lipinski definition) is 0. The smallest absolute Gasteiger partial charge is 0.330 e. The fraction of sp³-hybridized carbons (Fsp3) is 0.100. The molecule has 3 nitrogen and oxygen atoms in total. The van der Waals surface area contributed by atoms with Crippen LogP contribution in [-0.2, 0) is 9.53 Å². The van der Waals surface area contributed by atoms with Crippen LogP contribution < -0.4 is 0 Å². The van der Waals surface area contributed by atoms with Gasteiger partial charge in [-0.25, -0.2) is 4.79 Å². The molecule has 0 aliphatic rings. The Hall–Kier alpha value is -1.77. The predicted molar refractivity (Wildman–Crippen MR) is 48.9 cm³/mol. The largest absolute Gasteiger partial charge is 0.472 e. The molecule has 0 saturated heterocycles. The molecule has 0 saturated carbocycles. The highest BCUT2D eigenvalue weighted by molar-refractivity contribution is 5.82. The Balaban J connectivity index is 2.42. The van der Waals surface area contributed by atoms with Gasteiger partial charge in [0, 0.05) is 11.6 Å². The summed E-state index contributed by atoms with van der Waals surface area (Å²) in [4.78, 5) is 10.6. The highest BCUT2D eigenvalue weighted by atomic mass is 16.5. The molecule has 0 bridgehead atoms. The van der Waals surface area contributed by atoms with E-state index in [2.05, 4.69) is 4.74 Å². The molecule has 0 aliphatic heterocycles. The lowest BCUT2D eigenvalue weighted by Gasteiger charge is -1.86. The average molecular weight is 178 g/mol. The van der Waals surface area contributed by atoms with E-state index in [1.165, 1.54) is 13.2 Å². The molecule has 0 N–H and O–H groups in total. The molecule has 0 unspecified atom stereocenters. The van der Waals surface area contributed by atoms with Crippen LogP contribution in [0, 0.1) is 0 Å². The summed E-state index contributed by atoms with van der Waals surface area (Å²) in [7, 11) is 1.34. The lowest BCUT2D eigenvalue weighted by Crippen LogP contribution is -1.92.